The molecule has 0 aromatic rings. The van der Waals surface area contributed by atoms with Crippen LogP contribution in [0.1, 0.15) is 52.4 Å². The Labute approximate surface area is 319 Å². The standard InChI is InChI=1S/2C18H22O10/c2*1-16(13(22)26-3)7-18(15(24)28-5)8-17(12(16)21,14(23)27-4)6-9(10(18)19)11(20)25-2/h2*19H,6-8H2,1-5H3/t2*16-,17-,18-/m11/s1. The van der Waals surface area contributed by atoms with E-state index >= 15 is 0 Å². The maximum Gasteiger partial charge on any atom is 0.337 e. The monoisotopic (exact) mass is 796 g/mol. The quantitative estimate of drug-likeness (QED) is 0.192. The molecule has 308 valence electrons. The van der Waals surface area contributed by atoms with Crippen molar-refractivity contribution in [2.24, 2.45) is 32.5 Å². The van der Waals surface area contributed by atoms with Crippen LogP contribution in [0.3, 0.4) is 0 Å². The summed E-state index contributed by atoms with van der Waals surface area (Å²) in [6.07, 6.45) is -3.33. The smallest absolute Gasteiger partial charge is 0.337 e. The first-order valence-electron chi connectivity index (χ1n) is 16.6. The number of Topliss-reactive ketones (excluding diaryl/α,β-unsaturated/α-hetero) is 2. The van der Waals surface area contributed by atoms with E-state index in [-0.39, 0.29) is 0 Å². The lowest BCUT2D eigenvalue weighted by Crippen LogP contribution is -2.64. The molecule has 0 aromatic heterocycles. The summed E-state index contributed by atoms with van der Waals surface area (Å²) >= 11 is 0. The summed E-state index contributed by atoms with van der Waals surface area (Å²) in [6, 6.07) is 0. The van der Waals surface area contributed by atoms with Gasteiger partial charge in [-0.2, -0.15) is 0 Å². The number of esters is 8. The van der Waals surface area contributed by atoms with Gasteiger partial charge in [0.15, 0.2) is 11.6 Å². The maximum absolute atomic E-state index is 13.4. The fraction of sp³-hybridized carbons (Fsp3) is 0.611. The third kappa shape index (κ3) is 6.14. The van der Waals surface area contributed by atoms with Crippen molar-refractivity contribution in [2.45, 2.75) is 52.4 Å². The molecule has 20 nitrogen and oxygen atoms in total. The van der Waals surface area contributed by atoms with Crippen LogP contribution in [0.25, 0.3) is 0 Å². The molecule has 2 N–H and O–H groups in total. The Hall–Kier alpha value is -5.82. The zero-order valence-corrected chi connectivity index (χ0v) is 32.5. The molecule has 56 heavy (non-hydrogen) atoms. The second-order valence-corrected chi connectivity index (χ2v) is 14.3. The van der Waals surface area contributed by atoms with Crippen LogP contribution < -0.4 is 0 Å². The second kappa shape index (κ2) is 15.4. The molecule has 0 aromatic carbocycles. The third-order valence-corrected chi connectivity index (χ3v) is 11.3. The first kappa shape index (κ1) is 44.6. The number of methoxy groups -OCH3 is 8. The highest BCUT2D eigenvalue weighted by molar-refractivity contribution is 6.19. The molecule has 4 rings (SSSR count). The van der Waals surface area contributed by atoms with Gasteiger partial charge in [0.05, 0.1) is 68.0 Å². The van der Waals surface area contributed by atoms with Crippen LogP contribution in [0.2, 0.25) is 0 Å². The number of hydrogen-bond acceptors (Lipinski definition) is 20. The van der Waals surface area contributed by atoms with E-state index in [1.165, 1.54) is 13.8 Å². The van der Waals surface area contributed by atoms with Gasteiger partial charge in [-0.25, -0.2) is 9.59 Å². The highest BCUT2D eigenvalue weighted by Gasteiger charge is 2.74. The van der Waals surface area contributed by atoms with Crippen molar-refractivity contribution in [1.29, 1.82) is 0 Å². The normalized spacial score (nSPS) is 31.7. The summed E-state index contributed by atoms with van der Waals surface area (Å²) in [5, 5.41) is 21.7. The van der Waals surface area contributed by atoms with Crippen LogP contribution in [0, 0.1) is 32.5 Å². The fourth-order valence-corrected chi connectivity index (χ4v) is 8.81. The predicted octanol–water partition coefficient (Wildman–Crippen LogP) is 0.472. The Bertz CT molecular complexity index is 1720. The van der Waals surface area contributed by atoms with Crippen LogP contribution >= 0.6 is 0 Å². The Balaban J connectivity index is 0.000000300. The van der Waals surface area contributed by atoms with Crippen LogP contribution in [0.15, 0.2) is 22.7 Å². The van der Waals surface area contributed by atoms with Gasteiger partial charge < -0.3 is 48.1 Å². The summed E-state index contributed by atoms with van der Waals surface area (Å²) < 4.78 is 37.9. The van der Waals surface area contributed by atoms with Gasteiger partial charge in [0.1, 0.15) is 44.0 Å². The fourth-order valence-electron chi connectivity index (χ4n) is 8.81. The molecule has 4 bridgehead atoms. The van der Waals surface area contributed by atoms with E-state index in [2.05, 4.69) is 9.47 Å². The molecule has 2 fully saturated rings. The molecule has 0 unspecified atom stereocenters. The Kier molecular flexibility index (Phi) is 12.2. The number of rotatable bonds is 8. The van der Waals surface area contributed by atoms with Crippen molar-refractivity contribution in [3.63, 3.8) is 0 Å². The molecular weight excluding hydrogens is 752 g/mol. The number of carbonyl (C=O) groups excluding carboxylic acids is 10. The molecule has 20 heteroatoms. The lowest BCUT2D eigenvalue weighted by molar-refractivity contribution is -0.188. The number of ether oxygens (including phenoxy) is 8. The second-order valence-electron chi connectivity index (χ2n) is 14.3. The number of fused-ring (bicyclic) bond motifs is 4. The van der Waals surface area contributed by atoms with E-state index in [1.807, 2.05) is 0 Å². The largest absolute Gasteiger partial charge is 0.511 e. The van der Waals surface area contributed by atoms with Crippen LogP contribution in [0.5, 0.6) is 0 Å². The summed E-state index contributed by atoms with van der Waals surface area (Å²) in [5.41, 5.74) is -13.0. The highest BCUT2D eigenvalue weighted by Crippen LogP contribution is 2.63. The SMILES string of the molecule is COC(=O)C1=C(O)[C@@]2(C(=O)OC)C[C@@](C)(C(=O)OC)C(=O)[C@@](C(=O)OC)(C1)C2.COC(=O)C1=C(O)[C@@]2(C(=O)OC)C[C@@](C)(C(=O)OC)C(=O)[C@@](C(=O)OC)(C1)C2. The van der Waals surface area contributed by atoms with Gasteiger partial charge in [-0.15, -0.1) is 0 Å². The molecule has 2 saturated carbocycles. The number of aliphatic hydroxyl groups is 2. The lowest BCUT2D eigenvalue weighted by Gasteiger charge is -2.52. The molecule has 0 aliphatic heterocycles. The highest BCUT2D eigenvalue weighted by atomic mass is 16.6. The molecule has 6 atom stereocenters. The van der Waals surface area contributed by atoms with Crippen LogP contribution in [-0.2, 0) is 85.8 Å². The summed E-state index contributed by atoms with van der Waals surface area (Å²) in [6.45, 7) is 2.43. The summed E-state index contributed by atoms with van der Waals surface area (Å²) in [4.78, 5) is 127. The van der Waals surface area contributed by atoms with Gasteiger partial charge in [-0.05, 0) is 39.5 Å². The van der Waals surface area contributed by atoms with Crippen molar-refractivity contribution in [3.05, 3.63) is 22.7 Å². The topological polar surface area (TPSA) is 285 Å². The zero-order valence-electron chi connectivity index (χ0n) is 32.5. The molecule has 0 saturated heterocycles. The summed E-state index contributed by atoms with van der Waals surface area (Å²) in [7, 11) is 8.35. The van der Waals surface area contributed by atoms with E-state index in [0.29, 0.717) is 0 Å². The molecule has 4 aliphatic rings. The lowest BCUT2D eigenvalue weighted by atomic mass is 9.47. The van der Waals surface area contributed by atoms with E-state index < -0.39 is 153 Å². The minimum absolute atomic E-state index is 0.426. The molecular formula is C36H44O20. The van der Waals surface area contributed by atoms with Crippen molar-refractivity contribution in [2.75, 3.05) is 56.9 Å². The predicted molar refractivity (Wildman–Crippen MR) is 179 cm³/mol. The number of hydrogen-bond donors (Lipinski definition) is 2. The third-order valence-electron chi connectivity index (χ3n) is 11.3. The van der Waals surface area contributed by atoms with Crippen LogP contribution in [0.4, 0.5) is 0 Å². The van der Waals surface area contributed by atoms with E-state index in [1.54, 1.807) is 0 Å². The van der Waals surface area contributed by atoms with E-state index in [9.17, 15) is 58.2 Å². The summed E-state index contributed by atoms with van der Waals surface area (Å²) in [5.74, 6) is -11.3. The Morgan fingerprint density at radius 1 is 0.411 bits per heavy atom. The molecule has 0 amide bonds. The van der Waals surface area contributed by atoms with Gasteiger partial charge >= 0.3 is 47.8 Å². The van der Waals surface area contributed by atoms with E-state index in [0.717, 1.165) is 56.9 Å². The number of carbonyl (C=O) groups is 10. The molecule has 0 radical (unpaired) electrons. The zero-order chi connectivity index (χ0) is 43.0. The van der Waals surface area contributed by atoms with Gasteiger partial charge in [0.25, 0.3) is 0 Å². The first-order chi connectivity index (χ1) is 26.0. The minimum atomic E-state index is -2.08. The Morgan fingerprint density at radius 3 is 0.893 bits per heavy atom. The minimum Gasteiger partial charge on any atom is -0.511 e. The Morgan fingerprint density at radius 2 is 0.661 bits per heavy atom. The van der Waals surface area contributed by atoms with Gasteiger partial charge in [-0.3, -0.25) is 38.4 Å². The average molecular weight is 797 g/mol. The van der Waals surface area contributed by atoms with Gasteiger partial charge in [-0.1, -0.05) is 0 Å². The van der Waals surface area contributed by atoms with Gasteiger partial charge in [0.2, 0.25) is 0 Å². The maximum atomic E-state index is 13.4. The average Bonchev–Trinajstić information content (AvgIpc) is 3.21. The van der Waals surface area contributed by atoms with Crippen molar-refractivity contribution >= 4 is 59.3 Å². The molecule has 0 spiro atoms. The first-order valence-corrected chi connectivity index (χ1v) is 16.6. The number of aliphatic hydroxyl groups excluding tert-OH is 2. The van der Waals surface area contributed by atoms with Crippen LogP contribution in [-0.4, -0.2) is 126 Å². The van der Waals surface area contributed by atoms with Gasteiger partial charge in [0, 0.05) is 12.8 Å². The van der Waals surface area contributed by atoms with Crippen molar-refractivity contribution in [1.82, 2.24) is 0 Å². The van der Waals surface area contributed by atoms with E-state index in [4.69, 9.17) is 28.4 Å². The number of ketones is 2. The molecule has 0 heterocycles. The van der Waals surface area contributed by atoms with Crippen molar-refractivity contribution in [3.8, 4) is 0 Å². The van der Waals surface area contributed by atoms with Crippen molar-refractivity contribution < 1.29 is 96.1 Å². The molecule has 4 aliphatic carbocycles.